The van der Waals surface area contributed by atoms with Gasteiger partial charge in [-0.05, 0) is 72.5 Å². The number of nitrogens with one attached hydrogen (secondary N) is 1. The number of nitrogens with zero attached hydrogens (tertiary/aromatic N) is 1. The molecular formula is C34H34ClF3N2O5. The lowest BCUT2D eigenvalue weighted by atomic mass is 9.88. The molecule has 1 aromatic heterocycles. The van der Waals surface area contributed by atoms with Crippen LogP contribution in [0.1, 0.15) is 71.0 Å². The van der Waals surface area contributed by atoms with Crippen LogP contribution in [0.25, 0.3) is 10.9 Å². The quantitative estimate of drug-likeness (QED) is 0.101. The first-order valence-electron chi connectivity index (χ1n) is 14.7. The van der Waals surface area contributed by atoms with Crippen LogP contribution in [0.15, 0.2) is 72.8 Å². The van der Waals surface area contributed by atoms with Gasteiger partial charge in [0.25, 0.3) is 5.91 Å². The Labute approximate surface area is 263 Å². The van der Waals surface area contributed by atoms with E-state index in [1.54, 1.807) is 36.4 Å². The number of halogens is 4. The molecule has 0 saturated carbocycles. The summed E-state index contributed by atoms with van der Waals surface area (Å²) >= 11 is 6.27. The second-order valence-electron chi connectivity index (χ2n) is 10.9. The third kappa shape index (κ3) is 9.59. The van der Waals surface area contributed by atoms with Crippen LogP contribution in [-0.2, 0) is 17.8 Å². The number of ketones is 1. The highest BCUT2D eigenvalue weighted by molar-refractivity contribution is 6.31. The maximum atomic E-state index is 14.3. The van der Waals surface area contributed by atoms with Gasteiger partial charge in [-0.2, -0.15) is 0 Å². The Morgan fingerprint density at radius 1 is 0.956 bits per heavy atom. The summed E-state index contributed by atoms with van der Waals surface area (Å²) in [6, 6.07) is 19.6. The SMILES string of the molecule is CCCCCC(Cc1ccc(C(=O)NCCC(=O)O)cc1)C(=O)c1cc2cc(Cl)ccc2n1Cc1ccc(OC(F)(F)F)cc1. The molecule has 0 spiro atoms. The Hall–Kier alpha value is -4.31. The van der Waals surface area contributed by atoms with Gasteiger partial charge in [-0.25, -0.2) is 0 Å². The number of hydrogen-bond donors (Lipinski definition) is 2. The summed E-state index contributed by atoms with van der Waals surface area (Å²) < 4.78 is 43.8. The number of aromatic nitrogens is 1. The van der Waals surface area contributed by atoms with Crippen LogP contribution in [-0.4, -0.2) is 40.2 Å². The summed E-state index contributed by atoms with van der Waals surface area (Å²) in [6.07, 6.45) is -1.08. The van der Waals surface area contributed by atoms with Crippen molar-refractivity contribution < 1.29 is 37.4 Å². The standard InChI is InChI=1S/C34H34ClF3N2O5/c1-2-3-4-5-25(18-22-6-10-24(11-7-22)33(44)39-17-16-31(41)42)32(43)30-20-26-19-27(35)12-15-29(26)40(30)21-23-8-13-28(14-9-23)45-34(36,37)38/h6-15,19-20,25H,2-5,16-18,21H2,1H3,(H,39,44)(H,41,42). The van der Waals surface area contributed by atoms with E-state index >= 15 is 0 Å². The zero-order valence-electron chi connectivity index (χ0n) is 24.7. The summed E-state index contributed by atoms with van der Waals surface area (Å²) in [5.41, 5.74) is 3.19. The number of unbranched alkanes of at least 4 members (excludes halogenated alkanes) is 2. The molecule has 2 N–H and O–H groups in total. The van der Waals surface area contributed by atoms with Gasteiger partial charge in [0.1, 0.15) is 5.75 Å². The number of alkyl halides is 3. The predicted octanol–water partition coefficient (Wildman–Crippen LogP) is 8.07. The number of carbonyl (C=O) groups is 3. The minimum absolute atomic E-state index is 0.0224. The van der Waals surface area contributed by atoms with E-state index in [1.165, 1.54) is 24.3 Å². The van der Waals surface area contributed by atoms with Crippen molar-refractivity contribution in [2.75, 3.05) is 6.54 Å². The molecule has 4 aromatic rings. The molecule has 1 heterocycles. The Kier molecular flexibility index (Phi) is 11.3. The fraction of sp³-hybridized carbons (Fsp3) is 0.324. The van der Waals surface area contributed by atoms with Crippen LogP contribution in [0, 0.1) is 5.92 Å². The van der Waals surface area contributed by atoms with E-state index in [4.69, 9.17) is 16.7 Å². The normalized spacial score (nSPS) is 12.2. The molecule has 11 heteroatoms. The van der Waals surface area contributed by atoms with Gasteiger partial charge in [0.2, 0.25) is 0 Å². The fourth-order valence-corrected chi connectivity index (χ4v) is 5.41. The second-order valence-corrected chi connectivity index (χ2v) is 11.3. The molecule has 0 fully saturated rings. The Balaban J connectivity index is 1.60. The number of carboxylic acids is 1. The van der Waals surface area contributed by atoms with Crippen LogP contribution in [0.2, 0.25) is 5.02 Å². The number of Topliss-reactive ketones (excluding diaryl/α,β-unsaturated/α-hetero) is 1. The summed E-state index contributed by atoms with van der Waals surface area (Å²) in [6.45, 7) is 2.35. The lowest BCUT2D eigenvalue weighted by Gasteiger charge is -2.18. The van der Waals surface area contributed by atoms with Crippen molar-refractivity contribution in [1.29, 1.82) is 0 Å². The molecule has 3 aromatic carbocycles. The highest BCUT2D eigenvalue weighted by Gasteiger charge is 2.31. The van der Waals surface area contributed by atoms with Gasteiger partial charge in [0.15, 0.2) is 5.78 Å². The van der Waals surface area contributed by atoms with Gasteiger partial charge in [0.05, 0.1) is 12.1 Å². The smallest absolute Gasteiger partial charge is 0.481 e. The van der Waals surface area contributed by atoms with Gasteiger partial charge in [-0.1, -0.05) is 62.1 Å². The molecule has 1 atom stereocenters. The van der Waals surface area contributed by atoms with E-state index < -0.39 is 12.3 Å². The largest absolute Gasteiger partial charge is 0.573 e. The lowest BCUT2D eigenvalue weighted by molar-refractivity contribution is -0.274. The molecule has 0 bridgehead atoms. The van der Waals surface area contributed by atoms with Crippen molar-refractivity contribution in [1.82, 2.24) is 9.88 Å². The summed E-state index contributed by atoms with van der Waals surface area (Å²) in [7, 11) is 0. The molecule has 238 valence electrons. The molecular weight excluding hydrogens is 609 g/mol. The molecule has 0 saturated heterocycles. The number of hydrogen-bond acceptors (Lipinski definition) is 4. The van der Waals surface area contributed by atoms with Crippen molar-refractivity contribution in [3.63, 3.8) is 0 Å². The molecule has 0 aliphatic heterocycles. The zero-order valence-corrected chi connectivity index (χ0v) is 25.5. The van der Waals surface area contributed by atoms with E-state index in [9.17, 15) is 27.6 Å². The Morgan fingerprint density at radius 3 is 2.29 bits per heavy atom. The lowest BCUT2D eigenvalue weighted by Crippen LogP contribution is -2.26. The first-order valence-corrected chi connectivity index (χ1v) is 15.1. The van der Waals surface area contributed by atoms with Crippen molar-refractivity contribution in [3.05, 3.63) is 100 Å². The molecule has 1 unspecified atom stereocenters. The summed E-state index contributed by atoms with van der Waals surface area (Å²) in [5.74, 6) is -2.13. The van der Waals surface area contributed by atoms with E-state index in [2.05, 4.69) is 17.0 Å². The maximum Gasteiger partial charge on any atom is 0.573 e. The number of amides is 1. The van der Waals surface area contributed by atoms with Crippen molar-refractivity contribution in [2.45, 2.75) is 58.4 Å². The highest BCUT2D eigenvalue weighted by Crippen LogP contribution is 2.30. The average Bonchev–Trinajstić information content (AvgIpc) is 3.33. The van der Waals surface area contributed by atoms with Gasteiger partial charge in [0, 0.05) is 40.5 Å². The van der Waals surface area contributed by atoms with Gasteiger partial charge >= 0.3 is 12.3 Å². The number of rotatable bonds is 15. The van der Waals surface area contributed by atoms with Gasteiger partial charge in [-0.15, -0.1) is 13.2 Å². The number of carboxylic acid groups (broad SMARTS) is 1. The predicted molar refractivity (Wildman–Crippen MR) is 166 cm³/mol. The number of carbonyl (C=O) groups excluding carboxylic acids is 2. The van der Waals surface area contributed by atoms with E-state index in [1.807, 2.05) is 16.7 Å². The molecule has 0 aliphatic rings. The monoisotopic (exact) mass is 642 g/mol. The highest BCUT2D eigenvalue weighted by atomic mass is 35.5. The topological polar surface area (TPSA) is 97.6 Å². The van der Waals surface area contributed by atoms with Gasteiger partial charge in [-0.3, -0.25) is 14.4 Å². The molecule has 4 rings (SSSR count). The number of benzene rings is 3. The van der Waals surface area contributed by atoms with Crippen LogP contribution in [0.3, 0.4) is 0 Å². The fourth-order valence-electron chi connectivity index (χ4n) is 5.23. The van der Waals surface area contributed by atoms with Crippen molar-refractivity contribution in [3.8, 4) is 5.75 Å². The number of fused-ring (bicyclic) bond motifs is 1. The maximum absolute atomic E-state index is 14.3. The van der Waals surface area contributed by atoms with Crippen LogP contribution >= 0.6 is 11.6 Å². The van der Waals surface area contributed by atoms with Gasteiger partial charge < -0.3 is 19.7 Å². The number of ether oxygens (including phenoxy) is 1. The van der Waals surface area contributed by atoms with Crippen molar-refractivity contribution in [2.24, 2.45) is 5.92 Å². The Bertz CT molecular complexity index is 1630. The minimum atomic E-state index is -4.79. The average molecular weight is 643 g/mol. The van der Waals surface area contributed by atoms with Crippen LogP contribution < -0.4 is 10.1 Å². The first kappa shape index (κ1) is 33.6. The first-order chi connectivity index (χ1) is 21.4. The molecule has 45 heavy (non-hydrogen) atoms. The van der Waals surface area contributed by atoms with Crippen LogP contribution in [0.5, 0.6) is 5.75 Å². The molecule has 0 radical (unpaired) electrons. The summed E-state index contributed by atoms with van der Waals surface area (Å²) in [5, 5.41) is 12.6. The van der Waals surface area contributed by atoms with Crippen molar-refractivity contribution >= 4 is 40.2 Å². The second kappa shape index (κ2) is 15.1. The molecule has 0 aliphatic carbocycles. The zero-order chi connectivity index (χ0) is 32.6. The third-order valence-corrected chi connectivity index (χ3v) is 7.70. The third-order valence-electron chi connectivity index (χ3n) is 7.46. The summed E-state index contributed by atoms with van der Waals surface area (Å²) in [4.78, 5) is 37.4. The molecule has 7 nitrogen and oxygen atoms in total. The minimum Gasteiger partial charge on any atom is -0.481 e. The number of aliphatic carboxylic acids is 1. The van der Waals surface area contributed by atoms with Crippen LogP contribution in [0.4, 0.5) is 13.2 Å². The molecule has 1 amide bonds. The Morgan fingerprint density at radius 2 is 1.64 bits per heavy atom. The van der Waals surface area contributed by atoms with E-state index in [0.29, 0.717) is 34.7 Å². The van der Waals surface area contributed by atoms with E-state index in [0.717, 1.165) is 35.7 Å². The van der Waals surface area contributed by atoms with E-state index in [-0.39, 0.29) is 42.9 Å².